The Morgan fingerprint density at radius 1 is 1.35 bits per heavy atom. The third-order valence-electron chi connectivity index (χ3n) is 2.56. The minimum Gasteiger partial charge on any atom is -0.496 e. The molecular weight excluding hydrogens is 286 g/mol. The molecule has 20 heavy (non-hydrogen) atoms. The summed E-state index contributed by atoms with van der Waals surface area (Å²) >= 11 is 0. The second kappa shape index (κ2) is 5.91. The second-order valence-electron chi connectivity index (χ2n) is 4.17. The Kier molecular flexibility index (Phi) is 4.72. The first kappa shape index (κ1) is 16.0. The Balaban J connectivity index is 3.21. The van der Waals surface area contributed by atoms with Crippen LogP contribution >= 0.6 is 0 Å². The molecule has 0 aliphatic rings. The van der Waals surface area contributed by atoms with Gasteiger partial charge in [0.25, 0.3) is 5.91 Å². The van der Waals surface area contributed by atoms with E-state index in [1.165, 1.54) is 26.2 Å². The quantitative estimate of drug-likeness (QED) is 0.809. The Labute approximate surface area is 116 Å². The Morgan fingerprint density at radius 3 is 2.40 bits per heavy atom. The van der Waals surface area contributed by atoms with E-state index in [9.17, 15) is 18.0 Å². The number of sulfone groups is 1. The lowest BCUT2D eigenvalue weighted by Gasteiger charge is -2.13. The number of aliphatic carboxylic acids is 1. The van der Waals surface area contributed by atoms with Crippen LogP contribution in [0.2, 0.25) is 0 Å². The molecule has 8 heteroatoms. The molecular formula is C12H15NO6S. The largest absolute Gasteiger partial charge is 0.496 e. The van der Waals surface area contributed by atoms with Gasteiger partial charge in [-0.1, -0.05) is 0 Å². The van der Waals surface area contributed by atoms with Crippen molar-refractivity contribution in [2.75, 3.05) is 13.4 Å². The topological polar surface area (TPSA) is 110 Å². The van der Waals surface area contributed by atoms with Crippen molar-refractivity contribution in [3.63, 3.8) is 0 Å². The normalized spacial score (nSPS) is 12.6. The highest BCUT2D eigenvalue weighted by Gasteiger charge is 2.20. The van der Waals surface area contributed by atoms with Crippen molar-refractivity contribution >= 4 is 21.7 Å². The minimum atomic E-state index is -3.48. The monoisotopic (exact) mass is 301 g/mol. The second-order valence-corrected chi connectivity index (χ2v) is 6.18. The van der Waals surface area contributed by atoms with Crippen LogP contribution in [0.1, 0.15) is 17.3 Å². The van der Waals surface area contributed by atoms with Gasteiger partial charge in [0.1, 0.15) is 11.8 Å². The molecule has 0 unspecified atom stereocenters. The maximum Gasteiger partial charge on any atom is 0.325 e. The highest BCUT2D eigenvalue weighted by molar-refractivity contribution is 7.90. The van der Waals surface area contributed by atoms with Gasteiger partial charge in [0.05, 0.1) is 17.6 Å². The summed E-state index contributed by atoms with van der Waals surface area (Å²) in [5.41, 5.74) is -0.0384. The molecule has 1 rings (SSSR count). The van der Waals surface area contributed by atoms with E-state index in [0.717, 1.165) is 12.3 Å². The van der Waals surface area contributed by atoms with Crippen molar-refractivity contribution in [1.29, 1.82) is 0 Å². The molecule has 0 spiro atoms. The Morgan fingerprint density at radius 2 is 1.95 bits per heavy atom. The van der Waals surface area contributed by atoms with Crippen LogP contribution < -0.4 is 10.1 Å². The van der Waals surface area contributed by atoms with Gasteiger partial charge in [-0.2, -0.15) is 0 Å². The molecule has 2 N–H and O–H groups in total. The van der Waals surface area contributed by atoms with Gasteiger partial charge >= 0.3 is 5.97 Å². The van der Waals surface area contributed by atoms with Crippen LogP contribution in [0.15, 0.2) is 23.1 Å². The molecule has 0 saturated heterocycles. The fourth-order valence-corrected chi connectivity index (χ4v) is 2.08. The summed E-state index contributed by atoms with van der Waals surface area (Å²) in [6.45, 7) is 1.30. The Hall–Kier alpha value is -2.09. The molecule has 110 valence electrons. The van der Waals surface area contributed by atoms with Gasteiger partial charge in [-0.3, -0.25) is 9.59 Å². The van der Waals surface area contributed by atoms with Crippen LogP contribution in [0.25, 0.3) is 0 Å². The summed E-state index contributed by atoms with van der Waals surface area (Å²) in [6, 6.07) is 2.70. The van der Waals surface area contributed by atoms with E-state index in [1.54, 1.807) is 0 Å². The third kappa shape index (κ3) is 3.70. The van der Waals surface area contributed by atoms with Crippen molar-refractivity contribution in [3.8, 4) is 5.75 Å². The average molecular weight is 301 g/mol. The van der Waals surface area contributed by atoms with E-state index in [-0.39, 0.29) is 16.2 Å². The van der Waals surface area contributed by atoms with E-state index in [4.69, 9.17) is 9.84 Å². The minimum absolute atomic E-state index is 0.0384. The van der Waals surface area contributed by atoms with Gasteiger partial charge in [-0.05, 0) is 25.1 Å². The number of benzene rings is 1. The van der Waals surface area contributed by atoms with Crippen LogP contribution in [-0.2, 0) is 14.6 Å². The van der Waals surface area contributed by atoms with Crippen LogP contribution in [0.4, 0.5) is 0 Å². The molecule has 0 fully saturated rings. The van der Waals surface area contributed by atoms with Crippen molar-refractivity contribution in [2.24, 2.45) is 0 Å². The van der Waals surface area contributed by atoms with Gasteiger partial charge in [0.2, 0.25) is 0 Å². The number of nitrogens with one attached hydrogen (secondary N) is 1. The average Bonchev–Trinajstić information content (AvgIpc) is 2.36. The predicted molar refractivity (Wildman–Crippen MR) is 70.7 cm³/mol. The number of amides is 1. The number of rotatable bonds is 5. The maximum atomic E-state index is 12.0. The lowest BCUT2D eigenvalue weighted by molar-refractivity contribution is -0.138. The van der Waals surface area contributed by atoms with Gasteiger partial charge in [-0.25, -0.2) is 8.42 Å². The number of carbonyl (C=O) groups excluding carboxylic acids is 1. The standard InChI is InChI=1S/C12H15NO6S/c1-7(12(15)16)13-11(14)9-6-8(20(3,17)18)4-5-10(9)19-2/h4-7H,1-3H3,(H,13,14)(H,15,16)/t7-/m1/s1. The fourth-order valence-electron chi connectivity index (χ4n) is 1.43. The van der Waals surface area contributed by atoms with E-state index in [2.05, 4.69) is 5.32 Å². The summed E-state index contributed by atoms with van der Waals surface area (Å²) < 4.78 is 27.9. The van der Waals surface area contributed by atoms with Crippen molar-refractivity contribution in [1.82, 2.24) is 5.32 Å². The van der Waals surface area contributed by atoms with Crippen LogP contribution in [0, 0.1) is 0 Å². The number of carbonyl (C=O) groups is 2. The molecule has 0 heterocycles. The first-order valence-corrected chi connectivity index (χ1v) is 7.47. The lowest BCUT2D eigenvalue weighted by Crippen LogP contribution is -2.38. The summed E-state index contributed by atoms with van der Waals surface area (Å²) in [7, 11) is -2.15. The first-order valence-electron chi connectivity index (χ1n) is 5.58. The highest BCUT2D eigenvalue weighted by Crippen LogP contribution is 2.22. The van der Waals surface area contributed by atoms with Gasteiger partial charge in [-0.15, -0.1) is 0 Å². The van der Waals surface area contributed by atoms with E-state index in [0.29, 0.717) is 0 Å². The van der Waals surface area contributed by atoms with Crippen molar-refractivity contribution in [3.05, 3.63) is 23.8 Å². The van der Waals surface area contributed by atoms with Crippen molar-refractivity contribution in [2.45, 2.75) is 17.9 Å². The molecule has 0 aromatic heterocycles. The number of carboxylic acids is 1. The molecule has 0 aliphatic carbocycles. The van der Waals surface area contributed by atoms with Crippen LogP contribution in [0.5, 0.6) is 5.75 Å². The zero-order chi connectivity index (χ0) is 15.5. The number of hydrogen-bond donors (Lipinski definition) is 2. The fraction of sp³-hybridized carbons (Fsp3) is 0.333. The maximum absolute atomic E-state index is 12.0. The van der Waals surface area contributed by atoms with Gasteiger partial charge in [0, 0.05) is 6.26 Å². The zero-order valence-corrected chi connectivity index (χ0v) is 12.0. The van der Waals surface area contributed by atoms with Crippen LogP contribution in [-0.4, -0.2) is 44.8 Å². The number of methoxy groups -OCH3 is 1. The third-order valence-corrected chi connectivity index (χ3v) is 3.67. The number of carboxylic acid groups (broad SMARTS) is 1. The van der Waals surface area contributed by atoms with Crippen molar-refractivity contribution < 1.29 is 27.9 Å². The summed E-state index contributed by atoms with van der Waals surface area (Å²) in [6.07, 6.45) is 1.01. The van der Waals surface area contributed by atoms with E-state index >= 15 is 0 Å². The zero-order valence-electron chi connectivity index (χ0n) is 11.2. The van der Waals surface area contributed by atoms with Gasteiger partial charge < -0.3 is 15.2 Å². The molecule has 1 amide bonds. The van der Waals surface area contributed by atoms with E-state index in [1.807, 2.05) is 0 Å². The molecule has 1 atom stereocenters. The molecule has 0 saturated carbocycles. The molecule has 0 bridgehead atoms. The number of hydrogen-bond acceptors (Lipinski definition) is 5. The molecule has 0 radical (unpaired) electrons. The molecule has 7 nitrogen and oxygen atoms in total. The smallest absolute Gasteiger partial charge is 0.325 e. The summed E-state index contributed by atoms with van der Waals surface area (Å²) in [4.78, 5) is 22.6. The van der Waals surface area contributed by atoms with Crippen LogP contribution in [0.3, 0.4) is 0 Å². The molecule has 1 aromatic rings. The number of ether oxygens (including phenoxy) is 1. The predicted octanol–water partition coefficient (Wildman–Crippen LogP) is 0.302. The first-order chi connectivity index (χ1) is 9.16. The Bertz CT molecular complexity index is 637. The van der Waals surface area contributed by atoms with Gasteiger partial charge in [0.15, 0.2) is 9.84 Å². The molecule has 1 aromatic carbocycles. The van der Waals surface area contributed by atoms with E-state index < -0.39 is 27.8 Å². The lowest BCUT2D eigenvalue weighted by atomic mass is 10.1. The SMILES string of the molecule is COc1ccc(S(C)(=O)=O)cc1C(=O)N[C@H](C)C(=O)O. The molecule has 0 aliphatic heterocycles. The summed E-state index contributed by atoms with van der Waals surface area (Å²) in [5, 5.41) is 11.0. The summed E-state index contributed by atoms with van der Waals surface area (Å²) in [5.74, 6) is -1.76. The highest BCUT2D eigenvalue weighted by atomic mass is 32.2.